The molecule has 94 valence electrons. The smallest absolute Gasteiger partial charge is 0.125 e. The van der Waals surface area contributed by atoms with E-state index in [1.807, 2.05) is 0 Å². The molecule has 0 fully saturated rings. The van der Waals surface area contributed by atoms with Crippen LogP contribution in [-0.4, -0.2) is 19.2 Å². The molecule has 1 aromatic carbocycles. The molecule has 17 heavy (non-hydrogen) atoms. The van der Waals surface area contributed by atoms with Crippen LogP contribution in [0.15, 0.2) is 16.6 Å². The fourth-order valence-corrected chi connectivity index (χ4v) is 2.75. The van der Waals surface area contributed by atoms with Crippen molar-refractivity contribution in [2.45, 2.75) is 39.2 Å². The van der Waals surface area contributed by atoms with Gasteiger partial charge in [-0.05, 0) is 42.6 Å². The maximum absolute atomic E-state index is 5.72. The third kappa shape index (κ3) is 3.46. The second-order valence-corrected chi connectivity index (χ2v) is 5.78. The van der Waals surface area contributed by atoms with Gasteiger partial charge in [0, 0.05) is 16.9 Å². The summed E-state index contributed by atoms with van der Waals surface area (Å²) in [5, 5.41) is 3.45. The molecule has 0 aromatic heterocycles. The third-order valence-electron chi connectivity index (χ3n) is 3.00. The predicted octanol–water partition coefficient (Wildman–Crippen LogP) is 3.31. The number of hydrogen-bond donors (Lipinski definition) is 1. The highest BCUT2D eigenvalue weighted by molar-refractivity contribution is 9.10. The van der Waals surface area contributed by atoms with E-state index in [9.17, 15) is 0 Å². The number of halogens is 1. The summed E-state index contributed by atoms with van der Waals surface area (Å²) in [6.07, 6.45) is 3.29. The maximum atomic E-state index is 5.72. The molecule has 0 radical (unpaired) electrons. The molecule has 2 rings (SSSR count). The van der Waals surface area contributed by atoms with Crippen molar-refractivity contribution in [2.24, 2.45) is 0 Å². The lowest BCUT2D eigenvalue weighted by molar-refractivity contribution is 0.353. The first-order valence-corrected chi connectivity index (χ1v) is 7.13. The molecule has 0 spiro atoms. The molecule has 0 saturated heterocycles. The van der Waals surface area contributed by atoms with Gasteiger partial charge >= 0.3 is 0 Å². The molecular weight excluding hydrogens is 278 g/mol. The summed E-state index contributed by atoms with van der Waals surface area (Å²) in [7, 11) is 0. The quantitative estimate of drug-likeness (QED) is 0.842. The molecule has 1 N–H and O–H groups in total. The summed E-state index contributed by atoms with van der Waals surface area (Å²) in [5.74, 6) is 1.14. The van der Waals surface area contributed by atoms with Gasteiger partial charge in [-0.1, -0.05) is 29.8 Å². The van der Waals surface area contributed by atoms with Crippen LogP contribution in [0.1, 0.15) is 31.4 Å². The summed E-state index contributed by atoms with van der Waals surface area (Å²) < 4.78 is 6.90. The normalized spacial score (nSPS) is 13.9. The largest absolute Gasteiger partial charge is 0.493 e. The first-order chi connectivity index (χ1) is 8.16. The Kier molecular flexibility index (Phi) is 4.46. The van der Waals surface area contributed by atoms with Crippen LogP contribution in [0.4, 0.5) is 0 Å². The van der Waals surface area contributed by atoms with Crippen molar-refractivity contribution in [2.75, 3.05) is 13.2 Å². The molecule has 0 atom stereocenters. The Morgan fingerprint density at radius 2 is 2.24 bits per heavy atom. The lowest BCUT2D eigenvalue weighted by atomic mass is 10.0. The van der Waals surface area contributed by atoms with Crippen LogP contribution in [-0.2, 0) is 12.8 Å². The zero-order chi connectivity index (χ0) is 12.3. The van der Waals surface area contributed by atoms with E-state index in [1.165, 1.54) is 15.6 Å². The van der Waals surface area contributed by atoms with Crippen molar-refractivity contribution in [3.8, 4) is 5.75 Å². The number of ether oxygens (including phenoxy) is 1. The number of nitrogens with one attached hydrogen (secondary N) is 1. The molecule has 0 amide bonds. The number of benzene rings is 1. The van der Waals surface area contributed by atoms with E-state index >= 15 is 0 Å². The molecule has 0 aliphatic carbocycles. The topological polar surface area (TPSA) is 21.3 Å². The van der Waals surface area contributed by atoms with Crippen molar-refractivity contribution in [3.05, 3.63) is 27.7 Å². The Morgan fingerprint density at radius 1 is 1.41 bits per heavy atom. The molecule has 1 aliphatic heterocycles. The van der Waals surface area contributed by atoms with Crippen LogP contribution in [0, 0.1) is 0 Å². The molecule has 3 heteroatoms. The summed E-state index contributed by atoms with van der Waals surface area (Å²) in [5.41, 5.74) is 2.70. The van der Waals surface area contributed by atoms with E-state index < -0.39 is 0 Å². The second kappa shape index (κ2) is 5.87. The maximum Gasteiger partial charge on any atom is 0.125 e. The third-order valence-corrected chi connectivity index (χ3v) is 3.46. The lowest BCUT2D eigenvalue weighted by Crippen LogP contribution is -2.23. The van der Waals surface area contributed by atoms with Crippen LogP contribution in [0.3, 0.4) is 0 Å². The molecule has 0 saturated carbocycles. The Bertz CT molecular complexity index is 390. The van der Waals surface area contributed by atoms with E-state index in [-0.39, 0.29) is 0 Å². The summed E-state index contributed by atoms with van der Waals surface area (Å²) >= 11 is 3.58. The zero-order valence-electron chi connectivity index (χ0n) is 10.6. The van der Waals surface area contributed by atoms with Gasteiger partial charge in [0.15, 0.2) is 0 Å². The predicted molar refractivity (Wildman–Crippen MR) is 74.8 cm³/mol. The molecule has 1 aromatic rings. The van der Waals surface area contributed by atoms with Gasteiger partial charge in [-0.3, -0.25) is 0 Å². The summed E-state index contributed by atoms with van der Waals surface area (Å²) in [6, 6.07) is 4.94. The molecular formula is C14H20BrNO. The van der Waals surface area contributed by atoms with Crippen molar-refractivity contribution in [1.29, 1.82) is 0 Å². The van der Waals surface area contributed by atoms with Gasteiger partial charge in [-0.25, -0.2) is 0 Å². The Morgan fingerprint density at radius 3 is 3.00 bits per heavy atom. The van der Waals surface area contributed by atoms with Crippen molar-refractivity contribution in [3.63, 3.8) is 0 Å². The fraction of sp³-hybridized carbons (Fsp3) is 0.571. The van der Waals surface area contributed by atoms with Gasteiger partial charge in [0.2, 0.25) is 0 Å². The molecule has 1 heterocycles. The first kappa shape index (κ1) is 12.9. The number of fused-ring (bicyclic) bond motifs is 1. The Balaban J connectivity index is 1.96. The number of hydrogen-bond acceptors (Lipinski definition) is 2. The minimum atomic E-state index is 0.569. The van der Waals surface area contributed by atoms with Crippen LogP contribution in [0.5, 0.6) is 5.75 Å². The van der Waals surface area contributed by atoms with Crippen LogP contribution >= 0.6 is 15.9 Å². The minimum absolute atomic E-state index is 0.569. The second-order valence-electron chi connectivity index (χ2n) is 4.86. The molecule has 2 nitrogen and oxygen atoms in total. The van der Waals surface area contributed by atoms with Gasteiger partial charge in [-0.15, -0.1) is 0 Å². The number of rotatable bonds is 5. The van der Waals surface area contributed by atoms with Gasteiger partial charge in [0.1, 0.15) is 5.75 Å². The van der Waals surface area contributed by atoms with E-state index in [4.69, 9.17) is 4.74 Å². The molecule has 0 unspecified atom stereocenters. The average Bonchev–Trinajstić information content (AvgIpc) is 2.71. The van der Waals surface area contributed by atoms with E-state index in [0.29, 0.717) is 6.04 Å². The monoisotopic (exact) mass is 297 g/mol. The molecule has 0 bridgehead atoms. The van der Waals surface area contributed by atoms with Crippen LogP contribution < -0.4 is 10.1 Å². The van der Waals surface area contributed by atoms with Crippen LogP contribution in [0.25, 0.3) is 0 Å². The van der Waals surface area contributed by atoms with E-state index in [1.54, 1.807) is 0 Å². The van der Waals surface area contributed by atoms with Crippen LogP contribution in [0.2, 0.25) is 0 Å². The number of aryl methyl sites for hydroxylation is 1. The Labute approximate surface area is 112 Å². The zero-order valence-corrected chi connectivity index (χ0v) is 12.1. The Hall–Kier alpha value is -0.540. The highest BCUT2D eigenvalue weighted by atomic mass is 79.9. The van der Waals surface area contributed by atoms with Gasteiger partial charge < -0.3 is 10.1 Å². The van der Waals surface area contributed by atoms with Crippen molar-refractivity contribution in [1.82, 2.24) is 5.32 Å². The van der Waals surface area contributed by atoms with Crippen molar-refractivity contribution >= 4 is 15.9 Å². The highest BCUT2D eigenvalue weighted by Crippen LogP contribution is 2.33. The fourth-order valence-electron chi connectivity index (χ4n) is 2.20. The first-order valence-electron chi connectivity index (χ1n) is 6.34. The van der Waals surface area contributed by atoms with E-state index in [2.05, 4.69) is 47.2 Å². The molecule has 1 aliphatic rings. The summed E-state index contributed by atoms with van der Waals surface area (Å²) in [4.78, 5) is 0. The lowest BCUT2D eigenvalue weighted by Gasteiger charge is -2.11. The SMILES string of the molecule is CC(C)NCCCc1cc(Br)cc2c1OCC2. The van der Waals surface area contributed by atoms with Crippen molar-refractivity contribution < 1.29 is 4.74 Å². The standard InChI is InChI=1S/C14H20BrNO/c1-10(2)16-6-3-4-11-8-13(15)9-12-5-7-17-14(11)12/h8-10,16H,3-7H2,1-2H3. The minimum Gasteiger partial charge on any atom is -0.493 e. The van der Waals surface area contributed by atoms with Gasteiger partial charge in [0.25, 0.3) is 0 Å². The van der Waals surface area contributed by atoms with Gasteiger partial charge in [0.05, 0.1) is 6.61 Å². The highest BCUT2D eigenvalue weighted by Gasteiger charge is 2.16. The summed E-state index contributed by atoms with van der Waals surface area (Å²) in [6.45, 7) is 6.27. The van der Waals surface area contributed by atoms with E-state index in [0.717, 1.165) is 38.2 Å². The van der Waals surface area contributed by atoms with Gasteiger partial charge in [-0.2, -0.15) is 0 Å². The average molecular weight is 298 g/mol.